The number of aromatic nitrogens is 3. The van der Waals surface area contributed by atoms with Crippen LogP contribution in [0.25, 0.3) is 11.0 Å². The van der Waals surface area contributed by atoms with Crippen LogP contribution in [0, 0.1) is 29.0 Å². The molecule has 1 saturated heterocycles. The Balaban J connectivity index is 1.22. The Morgan fingerprint density at radius 3 is 2.59 bits per heavy atom. The molecule has 0 spiro atoms. The van der Waals surface area contributed by atoms with E-state index in [0.717, 1.165) is 72.8 Å². The van der Waals surface area contributed by atoms with E-state index < -0.39 is 5.82 Å². The number of likely N-dealkylation sites (tertiary alicyclic amines) is 1. The van der Waals surface area contributed by atoms with Crippen molar-refractivity contribution in [1.82, 2.24) is 19.4 Å². The van der Waals surface area contributed by atoms with Crippen LogP contribution < -0.4 is 9.47 Å². The van der Waals surface area contributed by atoms with Crippen molar-refractivity contribution in [2.24, 2.45) is 7.05 Å². The number of nitrogens with zero attached hydrogens (tertiary/aromatic N) is 5. The average Bonchev–Trinajstić information content (AvgIpc) is 3.31. The lowest BCUT2D eigenvalue weighted by molar-refractivity contribution is 0.197. The second kappa shape index (κ2) is 12.8. The number of fused-ring (bicyclic) bond motifs is 1. The normalized spacial score (nSPS) is 13.9. The minimum atomic E-state index is -0.451. The highest BCUT2D eigenvalue weighted by Gasteiger charge is 2.24. The number of benzene rings is 2. The van der Waals surface area contributed by atoms with Gasteiger partial charge in [0.1, 0.15) is 29.5 Å². The van der Waals surface area contributed by atoms with Crippen LogP contribution >= 0.6 is 0 Å². The summed E-state index contributed by atoms with van der Waals surface area (Å²) in [6, 6.07) is 16.2. The Hall–Kier alpha value is -4.40. The lowest BCUT2D eigenvalue weighted by atomic mass is 9.93. The summed E-state index contributed by atoms with van der Waals surface area (Å²) < 4.78 is 28.1. The van der Waals surface area contributed by atoms with Crippen molar-refractivity contribution >= 4 is 11.0 Å². The number of nitriles is 1. The predicted molar refractivity (Wildman–Crippen MR) is 156 cm³/mol. The van der Waals surface area contributed by atoms with E-state index in [2.05, 4.69) is 34.4 Å². The number of imidazole rings is 1. The van der Waals surface area contributed by atoms with Gasteiger partial charge in [-0.1, -0.05) is 30.9 Å². The second-order valence-corrected chi connectivity index (χ2v) is 10.2. The number of pyridine rings is 1. The Morgan fingerprint density at radius 1 is 1.02 bits per heavy atom. The lowest BCUT2D eigenvalue weighted by Gasteiger charge is -2.31. The van der Waals surface area contributed by atoms with Crippen LogP contribution in [-0.4, -0.2) is 39.1 Å². The van der Waals surface area contributed by atoms with Crippen molar-refractivity contribution < 1.29 is 13.9 Å². The van der Waals surface area contributed by atoms with Crippen LogP contribution in [0.2, 0.25) is 0 Å². The summed E-state index contributed by atoms with van der Waals surface area (Å²) in [5, 5.41) is 8.93. The zero-order valence-corrected chi connectivity index (χ0v) is 23.8. The molecular weight excluding hydrogens is 517 g/mol. The first-order valence-electron chi connectivity index (χ1n) is 14.1. The van der Waals surface area contributed by atoms with Crippen molar-refractivity contribution in [3.05, 3.63) is 82.6 Å². The number of halogens is 1. The molecule has 0 bridgehead atoms. The molecule has 7 nitrogen and oxygen atoms in total. The van der Waals surface area contributed by atoms with E-state index in [9.17, 15) is 4.39 Å². The summed E-state index contributed by atoms with van der Waals surface area (Å²) in [7, 11) is 2.06. The monoisotopic (exact) mass is 551 g/mol. The topological polar surface area (TPSA) is 76.2 Å². The zero-order valence-electron chi connectivity index (χ0n) is 23.8. The van der Waals surface area contributed by atoms with E-state index in [0.29, 0.717) is 24.0 Å². The van der Waals surface area contributed by atoms with Crippen molar-refractivity contribution in [2.45, 2.75) is 52.2 Å². The largest absolute Gasteiger partial charge is 0.491 e. The van der Waals surface area contributed by atoms with Crippen LogP contribution in [0.4, 0.5) is 4.39 Å². The van der Waals surface area contributed by atoms with Gasteiger partial charge in [-0.25, -0.2) is 14.4 Å². The van der Waals surface area contributed by atoms with Crippen LogP contribution in [0.5, 0.6) is 11.6 Å². The first kappa shape index (κ1) is 28.1. The number of hydrogen-bond acceptors (Lipinski definition) is 6. The molecule has 0 amide bonds. The van der Waals surface area contributed by atoms with Gasteiger partial charge in [0.25, 0.3) is 0 Å². The summed E-state index contributed by atoms with van der Waals surface area (Å²) >= 11 is 0. The SMILES string of the molecule is CCC#Cc1cc(OCC)c2nc(CN3CCC(c4cccc(OCc5ccc(C#N)cc5F)n4)CC3)n(C)c2c1. The zero-order chi connectivity index (χ0) is 28.8. The van der Waals surface area contributed by atoms with E-state index in [1.165, 1.54) is 6.07 Å². The Kier molecular flexibility index (Phi) is 8.82. The molecule has 1 fully saturated rings. The van der Waals surface area contributed by atoms with Gasteiger partial charge in [0.05, 0.1) is 30.3 Å². The molecule has 0 N–H and O–H groups in total. The highest BCUT2D eigenvalue weighted by atomic mass is 19.1. The fourth-order valence-electron chi connectivity index (χ4n) is 5.18. The van der Waals surface area contributed by atoms with Gasteiger partial charge in [0.15, 0.2) is 0 Å². The van der Waals surface area contributed by atoms with Gasteiger partial charge in [-0.15, -0.1) is 0 Å². The molecule has 2 aromatic carbocycles. The summed E-state index contributed by atoms with van der Waals surface area (Å²) in [6.07, 6.45) is 2.76. The van der Waals surface area contributed by atoms with Crippen LogP contribution in [-0.2, 0) is 20.2 Å². The molecule has 2 aromatic heterocycles. The number of piperidine rings is 1. The van der Waals surface area contributed by atoms with E-state index in [1.807, 2.05) is 38.1 Å². The predicted octanol–water partition coefficient (Wildman–Crippen LogP) is 6.10. The minimum Gasteiger partial charge on any atom is -0.491 e. The Labute approximate surface area is 240 Å². The Bertz CT molecular complexity index is 1640. The molecule has 210 valence electrons. The van der Waals surface area contributed by atoms with E-state index in [4.69, 9.17) is 24.7 Å². The number of hydrogen-bond donors (Lipinski definition) is 0. The highest BCUT2D eigenvalue weighted by Crippen LogP contribution is 2.31. The maximum Gasteiger partial charge on any atom is 0.213 e. The minimum absolute atomic E-state index is 0.0577. The molecule has 0 unspecified atom stereocenters. The molecular formula is C33H34FN5O2. The fourth-order valence-corrected chi connectivity index (χ4v) is 5.18. The van der Waals surface area contributed by atoms with E-state index in [1.54, 1.807) is 18.2 Å². The van der Waals surface area contributed by atoms with Crippen LogP contribution in [0.15, 0.2) is 48.5 Å². The first-order valence-corrected chi connectivity index (χ1v) is 14.1. The molecule has 4 aromatic rings. The molecule has 3 heterocycles. The maximum absolute atomic E-state index is 14.2. The first-order chi connectivity index (χ1) is 20.0. The molecule has 0 aliphatic carbocycles. The molecule has 41 heavy (non-hydrogen) atoms. The molecule has 0 atom stereocenters. The third kappa shape index (κ3) is 6.51. The van der Waals surface area contributed by atoms with Gasteiger partial charge in [-0.3, -0.25) is 4.90 Å². The van der Waals surface area contributed by atoms with Gasteiger partial charge in [-0.2, -0.15) is 5.26 Å². The molecule has 1 aliphatic rings. The van der Waals surface area contributed by atoms with E-state index >= 15 is 0 Å². The number of rotatable bonds is 8. The smallest absolute Gasteiger partial charge is 0.213 e. The lowest BCUT2D eigenvalue weighted by Crippen LogP contribution is -2.33. The van der Waals surface area contributed by atoms with Crippen molar-refractivity contribution in [1.29, 1.82) is 5.26 Å². The maximum atomic E-state index is 14.2. The quantitative estimate of drug-likeness (QED) is 0.247. The molecule has 8 heteroatoms. The third-order valence-electron chi connectivity index (χ3n) is 7.43. The standard InChI is InChI=1S/C33H34FN5O2/c1-4-6-8-23-18-29-33(30(19-23)40-5-2)37-31(38(29)3)21-39-15-13-25(14-16-39)28-9-7-10-32(36-28)41-22-26-12-11-24(20-35)17-27(26)34/h7,9-12,17-19,25H,4-5,13-16,21-22H2,1-3H3. The van der Waals surface area contributed by atoms with Crippen molar-refractivity contribution in [3.8, 4) is 29.5 Å². The van der Waals surface area contributed by atoms with Crippen LogP contribution in [0.1, 0.15) is 67.2 Å². The van der Waals surface area contributed by atoms with Crippen molar-refractivity contribution in [2.75, 3.05) is 19.7 Å². The summed E-state index contributed by atoms with van der Waals surface area (Å²) in [6.45, 7) is 7.28. The highest BCUT2D eigenvalue weighted by molar-refractivity contribution is 5.84. The third-order valence-corrected chi connectivity index (χ3v) is 7.43. The Morgan fingerprint density at radius 2 is 1.85 bits per heavy atom. The fraction of sp³-hybridized carbons (Fsp3) is 0.364. The molecule has 0 saturated carbocycles. The number of aryl methyl sites for hydroxylation is 1. The van der Waals surface area contributed by atoms with Gasteiger partial charge in [0.2, 0.25) is 5.88 Å². The molecule has 5 rings (SSSR count). The summed E-state index contributed by atoms with van der Waals surface area (Å²) in [4.78, 5) is 12.1. The van der Waals surface area contributed by atoms with Gasteiger partial charge in [-0.05, 0) is 63.2 Å². The summed E-state index contributed by atoms with van der Waals surface area (Å²) in [5.74, 6) is 8.51. The van der Waals surface area contributed by atoms with Gasteiger partial charge >= 0.3 is 0 Å². The molecule has 0 radical (unpaired) electrons. The van der Waals surface area contributed by atoms with Crippen molar-refractivity contribution in [3.63, 3.8) is 0 Å². The van der Waals surface area contributed by atoms with Crippen LogP contribution in [0.3, 0.4) is 0 Å². The second-order valence-electron chi connectivity index (χ2n) is 10.2. The average molecular weight is 552 g/mol. The number of ether oxygens (including phenoxy) is 2. The van der Waals surface area contributed by atoms with Gasteiger partial charge < -0.3 is 14.0 Å². The summed E-state index contributed by atoms with van der Waals surface area (Å²) in [5.41, 5.74) is 4.53. The van der Waals surface area contributed by atoms with Gasteiger partial charge in [0, 0.05) is 42.3 Å². The van der Waals surface area contributed by atoms with E-state index in [-0.39, 0.29) is 12.2 Å². The molecule has 1 aliphatic heterocycles.